The van der Waals surface area contributed by atoms with Crippen LogP contribution in [0.15, 0.2) is 212 Å². The van der Waals surface area contributed by atoms with Crippen LogP contribution in [0.3, 0.4) is 0 Å². The lowest BCUT2D eigenvalue weighted by Gasteiger charge is -2.32. The zero-order chi connectivity index (χ0) is 40.5. The van der Waals surface area contributed by atoms with Gasteiger partial charge in [-0.1, -0.05) is 190 Å². The Balaban J connectivity index is 1.06. The van der Waals surface area contributed by atoms with Crippen molar-refractivity contribution in [1.29, 1.82) is 0 Å². The number of hydrogen-bond acceptors (Lipinski definition) is 1. The summed E-state index contributed by atoms with van der Waals surface area (Å²) in [7, 11) is 0. The maximum Gasteiger partial charge on any atom is 0.0726 e. The zero-order valence-electron chi connectivity index (χ0n) is 34.2. The molecule has 0 amide bonds. The molecule has 0 radical (unpaired) electrons. The molecule has 0 saturated carbocycles. The highest BCUT2D eigenvalue weighted by Crippen LogP contribution is 2.64. The Morgan fingerprint density at radius 3 is 1.51 bits per heavy atom. The Kier molecular flexibility index (Phi) is 7.06. The molecule has 3 aliphatic carbocycles. The van der Waals surface area contributed by atoms with Gasteiger partial charge in [0.2, 0.25) is 0 Å². The standard InChI is InChI=1S/C60H41N/c1-59(2)52-23-10-7-19-47(52)50-33-31-42(36-56(50)59)61(41-29-26-40(27-30-41)45-22-13-16-38-14-3-5-17-44(38)45)43-32-34-51-57(37-43)60(55-35-28-39-15-4-6-18-46(39)58(51)55)53-24-11-8-20-48(53)49-21-9-12-25-54(49)60/h3-37H,1-2H3. The van der Waals surface area contributed by atoms with Gasteiger partial charge in [-0.2, -0.15) is 0 Å². The van der Waals surface area contributed by atoms with Crippen molar-refractivity contribution in [2.75, 3.05) is 4.90 Å². The molecule has 3 aliphatic rings. The average Bonchev–Trinajstić information content (AvgIpc) is 3.87. The maximum atomic E-state index is 2.52. The Morgan fingerprint density at radius 2 is 0.803 bits per heavy atom. The van der Waals surface area contributed by atoms with Crippen LogP contribution >= 0.6 is 0 Å². The molecule has 0 N–H and O–H groups in total. The number of anilines is 3. The van der Waals surface area contributed by atoms with Crippen LogP contribution in [0.25, 0.3) is 66.1 Å². The molecule has 0 aliphatic heterocycles. The summed E-state index contributed by atoms with van der Waals surface area (Å²) in [5, 5.41) is 5.09. The summed E-state index contributed by atoms with van der Waals surface area (Å²) in [6, 6.07) is 79.8. The molecule has 61 heavy (non-hydrogen) atoms. The summed E-state index contributed by atoms with van der Waals surface area (Å²) in [6.45, 7) is 4.75. The van der Waals surface area contributed by atoms with E-state index in [1.54, 1.807) is 0 Å². The van der Waals surface area contributed by atoms with E-state index >= 15 is 0 Å². The third-order valence-corrected chi connectivity index (χ3v) is 14.3. The molecule has 13 rings (SSSR count). The van der Waals surface area contributed by atoms with Crippen LogP contribution in [0.5, 0.6) is 0 Å². The van der Waals surface area contributed by atoms with Gasteiger partial charge < -0.3 is 4.90 Å². The Bertz CT molecular complexity index is 3410. The van der Waals surface area contributed by atoms with Crippen molar-refractivity contribution in [2.24, 2.45) is 0 Å². The van der Waals surface area contributed by atoms with Crippen molar-refractivity contribution in [2.45, 2.75) is 24.7 Å². The molecule has 10 aromatic rings. The van der Waals surface area contributed by atoms with Crippen LogP contribution in [0, 0.1) is 0 Å². The molecule has 1 spiro atoms. The van der Waals surface area contributed by atoms with E-state index in [-0.39, 0.29) is 5.41 Å². The summed E-state index contributed by atoms with van der Waals surface area (Å²) < 4.78 is 0. The molecule has 1 heteroatoms. The van der Waals surface area contributed by atoms with Crippen molar-refractivity contribution in [3.8, 4) is 44.5 Å². The molecular weight excluding hydrogens is 735 g/mol. The molecule has 0 saturated heterocycles. The van der Waals surface area contributed by atoms with Gasteiger partial charge in [0, 0.05) is 22.5 Å². The van der Waals surface area contributed by atoms with Gasteiger partial charge in [0.25, 0.3) is 0 Å². The van der Waals surface area contributed by atoms with E-state index in [9.17, 15) is 0 Å². The van der Waals surface area contributed by atoms with Crippen LogP contribution in [0.4, 0.5) is 17.1 Å². The molecule has 286 valence electrons. The van der Waals surface area contributed by atoms with E-state index in [4.69, 9.17) is 0 Å². The molecule has 10 aromatic carbocycles. The van der Waals surface area contributed by atoms with Crippen LogP contribution in [0.2, 0.25) is 0 Å². The third-order valence-electron chi connectivity index (χ3n) is 14.3. The van der Waals surface area contributed by atoms with Gasteiger partial charge in [0.15, 0.2) is 0 Å². The largest absolute Gasteiger partial charge is 0.310 e. The normalized spacial score (nSPS) is 14.3. The second-order valence-corrected chi connectivity index (χ2v) is 17.6. The van der Waals surface area contributed by atoms with Crippen molar-refractivity contribution in [3.63, 3.8) is 0 Å². The van der Waals surface area contributed by atoms with Crippen LogP contribution < -0.4 is 4.90 Å². The summed E-state index contributed by atoms with van der Waals surface area (Å²) in [4.78, 5) is 2.49. The van der Waals surface area contributed by atoms with Crippen molar-refractivity contribution < 1.29 is 0 Å². The molecule has 1 nitrogen and oxygen atoms in total. The second kappa shape index (κ2) is 12.5. The number of nitrogens with zero attached hydrogens (tertiary/aromatic N) is 1. The highest BCUT2D eigenvalue weighted by atomic mass is 15.1. The van der Waals surface area contributed by atoms with Crippen molar-refractivity contribution >= 4 is 38.6 Å². The van der Waals surface area contributed by atoms with Gasteiger partial charge in [-0.25, -0.2) is 0 Å². The summed E-state index contributed by atoms with van der Waals surface area (Å²) >= 11 is 0. The molecule has 0 aromatic heterocycles. The van der Waals surface area contributed by atoms with Gasteiger partial charge in [-0.05, 0) is 136 Å². The summed E-state index contributed by atoms with van der Waals surface area (Å²) in [5.41, 5.74) is 21.4. The zero-order valence-corrected chi connectivity index (χ0v) is 34.2. The number of fused-ring (bicyclic) bond motifs is 16. The van der Waals surface area contributed by atoms with E-state index in [2.05, 4.69) is 231 Å². The van der Waals surface area contributed by atoms with Crippen LogP contribution in [0.1, 0.15) is 47.2 Å². The predicted molar refractivity (Wildman–Crippen MR) is 255 cm³/mol. The SMILES string of the molecule is CC1(C)c2ccccc2-c2ccc(N(c3ccc(-c4cccc5ccccc45)cc3)c3ccc4c(c3)C3(c5ccccc5-c5ccccc53)c3ccc5ccccc5c3-4)cc21. The first-order chi connectivity index (χ1) is 30.0. The van der Waals surface area contributed by atoms with Crippen molar-refractivity contribution in [3.05, 3.63) is 246 Å². The smallest absolute Gasteiger partial charge is 0.0726 e. The molecule has 0 atom stereocenters. The predicted octanol–water partition coefficient (Wildman–Crippen LogP) is 15.8. The number of hydrogen-bond donors (Lipinski definition) is 0. The lowest BCUT2D eigenvalue weighted by Crippen LogP contribution is -2.26. The monoisotopic (exact) mass is 775 g/mol. The lowest BCUT2D eigenvalue weighted by atomic mass is 9.70. The first kappa shape index (κ1) is 34.4. The topological polar surface area (TPSA) is 3.24 Å². The Labute approximate surface area is 356 Å². The van der Waals surface area contributed by atoms with Gasteiger partial charge in [-0.3, -0.25) is 0 Å². The van der Waals surface area contributed by atoms with E-state index in [1.807, 2.05) is 0 Å². The highest BCUT2D eigenvalue weighted by Gasteiger charge is 2.52. The lowest BCUT2D eigenvalue weighted by molar-refractivity contribution is 0.660. The van der Waals surface area contributed by atoms with E-state index in [0.717, 1.165) is 17.1 Å². The summed E-state index contributed by atoms with van der Waals surface area (Å²) in [5.74, 6) is 0. The second-order valence-electron chi connectivity index (χ2n) is 17.6. The fourth-order valence-electron chi connectivity index (χ4n) is 11.6. The van der Waals surface area contributed by atoms with Crippen LogP contribution in [-0.4, -0.2) is 0 Å². The minimum absolute atomic E-state index is 0.131. The first-order valence-corrected chi connectivity index (χ1v) is 21.5. The maximum absolute atomic E-state index is 2.52. The van der Waals surface area contributed by atoms with Crippen LogP contribution in [-0.2, 0) is 10.8 Å². The van der Waals surface area contributed by atoms with Gasteiger partial charge in [0.1, 0.15) is 0 Å². The first-order valence-electron chi connectivity index (χ1n) is 21.5. The minimum Gasteiger partial charge on any atom is -0.310 e. The van der Waals surface area contributed by atoms with Gasteiger partial charge in [0.05, 0.1) is 5.41 Å². The van der Waals surface area contributed by atoms with E-state index in [0.29, 0.717) is 0 Å². The molecule has 0 unspecified atom stereocenters. The Hall–Kier alpha value is -7.48. The van der Waals surface area contributed by atoms with Gasteiger partial charge in [-0.15, -0.1) is 0 Å². The summed E-state index contributed by atoms with van der Waals surface area (Å²) in [6.07, 6.45) is 0. The van der Waals surface area contributed by atoms with Gasteiger partial charge >= 0.3 is 0 Å². The van der Waals surface area contributed by atoms with E-state index < -0.39 is 5.41 Å². The highest BCUT2D eigenvalue weighted by molar-refractivity contribution is 6.07. The molecule has 0 fully saturated rings. The fraction of sp³-hybridized carbons (Fsp3) is 0.0667. The fourth-order valence-corrected chi connectivity index (χ4v) is 11.6. The molecule has 0 heterocycles. The third kappa shape index (κ3) is 4.61. The molecule has 0 bridgehead atoms. The van der Waals surface area contributed by atoms with Crippen molar-refractivity contribution in [1.82, 2.24) is 0 Å². The minimum atomic E-state index is -0.469. The number of rotatable bonds is 4. The van der Waals surface area contributed by atoms with E-state index in [1.165, 1.54) is 99.4 Å². The molecular formula is C60H41N. The quantitative estimate of drug-likeness (QED) is 0.172. The Morgan fingerprint density at radius 1 is 0.311 bits per heavy atom. The number of benzene rings is 10. The average molecular weight is 776 g/mol.